The topological polar surface area (TPSA) is 75.3 Å². The first-order valence-corrected chi connectivity index (χ1v) is 12.7. The monoisotopic (exact) mass is 470 g/mol. The van der Waals surface area contributed by atoms with E-state index in [1.807, 2.05) is 42.5 Å². The fourth-order valence-corrected chi connectivity index (χ4v) is 5.02. The Morgan fingerprint density at radius 2 is 1.38 bits per heavy atom. The molecule has 0 bridgehead atoms. The highest BCUT2D eigenvalue weighted by molar-refractivity contribution is 7.90. The van der Waals surface area contributed by atoms with Crippen molar-refractivity contribution in [2.24, 2.45) is 0 Å². The van der Waals surface area contributed by atoms with E-state index in [9.17, 15) is 13.2 Å². The highest BCUT2D eigenvalue weighted by Crippen LogP contribution is 2.22. The molecule has 0 radical (unpaired) electrons. The van der Waals surface area contributed by atoms with E-state index in [1.165, 1.54) is 5.56 Å². The first kappa shape index (κ1) is 23.3. The Bertz CT molecular complexity index is 1350. The number of sulfone groups is 1. The van der Waals surface area contributed by atoms with Crippen LogP contribution in [-0.4, -0.2) is 14.3 Å². The van der Waals surface area contributed by atoms with E-state index in [0.717, 1.165) is 5.69 Å². The van der Waals surface area contributed by atoms with Gasteiger partial charge >= 0.3 is 0 Å². The van der Waals surface area contributed by atoms with Crippen molar-refractivity contribution in [3.05, 3.63) is 126 Å². The highest BCUT2D eigenvalue weighted by Gasteiger charge is 2.16. The molecule has 2 N–H and O–H groups in total. The molecule has 0 fully saturated rings. The predicted molar refractivity (Wildman–Crippen MR) is 137 cm³/mol. The number of carbonyl (C=O) groups is 1. The van der Waals surface area contributed by atoms with Crippen molar-refractivity contribution < 1.29 is 13.2 Å². The van der Waals surface area contributed by atoms with E-state index in [4.69, 9.17) is 0 Å². The summed E-state index contributed by atoms with van der Waals surface area (Å²) in [5, 5.41) is 6.32. The molecular weight excluding hydrogens is 444 g/mol. The molecule has 4 rings (SSSR count). The molecule has 4 aromatic carbocycles. The zero-order valence-corrected chi connectivity index (χ0v) is 19.6. The zero-order valence-electron chi connectivity index (χ0n) is 18.8. The maximum atomic E-state index is 12.8. The maximum absolute atomic E-state index is 12.8. The fourth-order valence-electron chi connectivity index (χ4n) is 3.66. The number of hydrogen-bond acceptors (Lipinski definition) is 4. The minimum Gasteiger partial charge on any atom is -0.379 e. The van der Waals surface area contributed by atoms with Gasteiger partial charge in [0.1, 0.15) is 0 Å². The van der Waals surface area contributed by atoms with Gasteiger partial charge in [-0.05, 0) is 66.6 Å². The lowest BCUT2D eigenvalue weighted by Gasteiger charge is -2.16. The van der Waals surface area contributed by atoms with Crippen molar-refractivity contribution in [3.63, 3.8) is 0 Å². The molecule has 5 nitrogen and oxygen atoms in total. The third kappa shape index (κ3) is 5.91. The summed E-state index contributed by atoms with van der Waals surface area (Å²) in [6.07, 6.45) is 0. The molecule has 0 aliphatic rings. The van der Waals surface area contributed by atoms with Gasteiger partial charge in [-0.3, -0.25) is 4.79 Å². The van der Waals surface area contributed by atoms with Gasteiger partial charge in [0.05, 0.1) is 10.6 Å². The van der Waals surface area contributed by atoms with Crippen LogP contribution < -0.4 is 10.6 Å². The summed E-state index contributed by atoms with van der Waals surface area (Å²) in [5.41, 5.74) is 3.76. The summed E-state index contributed by atoms with van der Waals surface area (Å²) in [4.78, 5) is 13.0. The number of amides is 1. The van der Waals surface area contributed by atoms with Crippen molar-refractivity contribution in [3.8, 4) is 0 Å². The lowest BCUT2D eigenvalue weighted by molar-refractivity contribution is 0.102. The Balaban J connectivity index is 1.40. The summed E-state index contributed by atoms with van der Waals surface area (Å²) in [5.74, 6) is -0.463. The SMILES string of the molecule is CC(Nc1ccc(NC(=O)c2cccc(CS(=O)(=O)c3ccccc3)c2)cc1)c1ccccc1. The van der Waals surface area contributed by atoms with Gasteiger partial charge < -0.3 is 10.6 Å². The third-order valence-corrected chi connectivity index (χ3v) is 7.18. The average molecular weight is 471 g/mol. The Morgan fingerprint density at radius 1 is 0.765 bits per heavy atom. The van der Waals surface area contributed by atoms with Gasteiger partial charge in [0, 0.05) is 23.0 Å². The lowest BCUT2D eigenvalue weighted by Crippen LogP contribution is -2.13. The highest BCUT2D eigenvalue weighted by atomic mass is 32.2. The van der Waals surface area contributed by atoms with E-state index in [0.29, 0.717) is 16.8 Å². The quantitative estimate of drug-likeness (QED) is 0.327. The lowest BCUT2D eigenvalue weighted by atomic mass is 10.1. The normalized spacial score (nSPS) is 12.0. The number of anilines is 2. The molecule has 172 valence electrons. The van der Waals surface area contributed by atoms with Crippen molar-refractivity contribution in [1.82, 2.24) is 0 Å². The van der Waals surface area contributed by atoms with Gasteiger partial charge in [-0.25, -0.2) is 8.42 Å². The molecule has 1 unspecified atom stereocenters. The fraction of sp³-hybridized carbons (Fsp3) is 0.107. The summed E-state index contributed by atoms with van der Waals surface area (Å²) >= 11 is 0. The minimum atomic E-state index is -3.49. The van der Waals surface area contributed by atoms with Crippen LogP contribution in [0, 0.1) is 0 Å². The summed E-state index contributed by atoms with van der Waals surface area (Å²) in [6.45, 7) is 2.09. The van der Waals surface area contributed by atoms with Crippen LogP contribution in [0.25, 0.3) is 0 Å². The second-order valence-electron chi connectivity index (χ2n) is 8.08. The van der Waals surface area contributed by atoms with Gasteiger partial charge in [0.2, 0.25) is 0 Å². The number of nitrogens with one attached hydrogen (secondary N) is 2. The first-order valence-electron chi connectivity index (χ1n) is 11.0. The van der Waals surface area contributed by atoms with Crippen molar-refractivity contribution in [2.75, 3.05) is 10.6 Å². The van der Waals surface area contributed by atoms with E-state index in [2.05, 4.69) is 29.7 Å². The van der Waals surface area contributed by atoms with Crippen molar-refractivity contribution in [2.45, 2.75) is 23.6 Å². The molecule has 0 aromatic heterocycles. The standard InChI is InChI=1S/C28H26N2O3S/c1-21(23-10-4-2-5-11-23)29-25-15-17-26(18-16-25)30-28(31)24-12-8-9-22(19-24)20-34(32,33)27-13-6-3-7-14-27/h2-19,21,29H,20H2,1H3,(H,30,31). The zero-order chi connectivity index (χ0) is 24.0. The average Bonchev–Trinajstić information content (AvgIpc) is 2.86. The molecule has 0 heterocycles. The van der Waals surface area contributed by atoms with E-state index in [-0.39, 0.29) is 22.6 Å². The van der Waals surface area contributed by atoms with Gasteiger partial charge in [-0.15, -0.1) is 0 Å². The molecule has 0 aliphatic carbocycles. The van der Waals surface area contributed by atoms with E-state index >= 15 is 0 Å². The molecule has 4 aromatic rings. The summed E-state index contributed by atoms with van der Waals surface area (Å²) in [7, 11) is -3.49. The Labute approximate surface area is 200 Å². The van der Waals surface area contributed by atoms with Crippen LogP contribution in [0.15, 0.2) is 114 Å². The Morgan fingerprint density at radius 3 is 2.06 bits per heavy atom. The van der Waals surface area contributed by atoms with Crippen LogP contribution in [0.4, 0.5) is 11.4 Å². The van der Waals surface area contributed by atoms with Crippen LogP contribution >= 0.6 is 0 Å². The molecule has 34 heavy (non-hydrogen) atoms. The first-order chi connectivity index (χ1) is 16.4. The van der Waals surface area contributed by atoms with Crippen LogP contribution in [0.2, 0.25) is 0 Å². The number of benzene rings is 4. The molecule has 0 spiro atoms. The van der Waals surface area contributed by atoms with Crippen LogP contribution in [-0.2, 0) is 15.6 Å². The van der Waals surface area contributed by atoms with Gasteiger partial charge in [0.25, 0.3) is 5.91 Å². The Hall–Kier alpha value is -3.90. The van der Waals surface area contributed by atoms with Crippen LogP contribution in [0.3, 0.4) is 0 Å². The smallest absolute Gasteiger partial charge is 0.255 e. The predicted octanol–water partition coefficient (Wildman–Crippen LogP) is 6.09. The van der Waals surface area contributed by atoms with Gasteiger partial charge in [-0.1, -0.05) is 60.7 Å². The third-order valence-electron chi connectivity index (χ3n) is 5.47. The van der Waals surface area contributed by atoms with Gasteiger partial charge in [0.15, 0.2) is 9.84 Å². The molecule has 6 heteroatoms. The maximum Gasteiger partial charge on any atom is 0.255 e. The molecular formula is C28H26N2O3S. The number of rotatable bonds is 8. The summed E-state index contributed by atoms with van der Waals surface area (Å²) in [6, 6.07) is 32.8. The summed E-state index contributed by atoms with van der Waals surface area (Å²) < 4.78 is 25.3. The molecule has 0 aliphatic heterocycles. The van der Waals surface area contributed by atoms with Crippen molar-refractivity contribution in [1.29, 1.82) is 0 Å². The molecule has 1 atom stereocenters. The number of hydrogen-bond donors (Lipinski definition) is 2. The van der Waals surface area contributed by atoms with Crippen LogP contribution in [0.1, 0.15) is 34.5 Å². The van der Waals surface area contributed by atoms with Crippen LogP contribution in [0.5, 0.6) is 0 Å². The number of carbonyl (C=O) groups excluding carboxylic acids is 1. The second kappa shape index (κ2) is 10.4. The molecule has 0 saturated heterocycles. The second-order valence-corrected chi connectivity index (χ2v) is 10.1. The minimum absolute atomic E-state index is 0.150. The Kier molecular flexibility index (Phi) is 7.09. The van der Waals surface area contributed by atoms with E-state index in [1.54, 1.807) is 54.6 Å². The largest absolute Gasteiger partial charge is 0.379 e. The van der Waals surface area contributed by atoms with E-state index < -0.39 is 9.84 Å². The molecule has 0 saturated carbocycles. The van der Waals surface area contributed by atoms with Gasteiger partial charge in [-0.2, -0.15) is 0 Å². The van der Waals surface area contributed by atoms with Crippen molar-refractivity contribution >= 4 is 27.1 Å². The molecule has 1 amide bonds.